The minimum Gasteiger partial charge on any atom is -0.352 e. The van der Waals surface area contributed by atoms with E-state index in [1.54, 1.807) is 23.1 Å². The molecule has 0 aliphatic heterocycles. The van der Waals surface area contributed by atoms with Crippen LogP contribution in [-0.2, 0) is 29.0 Å². The first-order chi connectivity index (χ1) is 16.4. The first kappa shape index (κ1) is 25.8. The standard InChI is InChI=1S/C28H30Cl2N2O2/c1-3-20(2)31-28(34)26(16-21-10-6-4-7-11-21)32(19-23-14-15-24(29)18-25(23)30)27(33)17-22-12-8-5-9-13-22/h4-15,18,20,26H,3,16-17,19H2,1-2H3,(H,31,34)/t20-,26+/m1/s1. The van der Waals surface area contributed by atoms with Gasteiger partial charge in [-0.2, -0.15) is 0 Å². The molecule has 0 heterocycles. The number of carbonyl (C=O) groups is 2. The van der Waals surface area contributed by atoms with Crippen LogP contribution in [0.25, 0.3) is 0 Å². The van der Waals surface area contributed by atoms with Crippen LogP contribution in [-0.4, -0.2) is 28.8 Å². The molecule has 34 heavy (non-hydrogen) atoms. The average Bonchev–Trinajstić information content (AvgIpc) is 2.83. The summed E-state index contributed by atoms with van der Waals surface area (Å²) < 4.78 is 0. The van der Waals surface area contributed by atoms with Crippen molar-refractivity contribution >= 4 is 35.0 Å². The summed E-state index contributed by atoms with van der Waals surface area (Å²) in [5.74, 6) is -0.317. The van der Waals surface area contributed by atoms with Crippen LogP contribution in [0.1, 0.15) is 37.0 Å². The predicted octanol–water partition coefficient (Wildman–Crippen LogP) is 6.09. The van der Waals surface area contributed by atoms with Gasteiger partial charge in [0.1, 0.15) is 6.04 Å². The minimum absolute atomic E-state index is 0.00373. The number of nitrogens with one attached hydrogen (secondary N) is 1. The minimum atomic E-state index is -0.695. The van der Waals surface area contributed by atoms with E-state index in [0.717, 1.165) is 23.1 Å². The zero-order valence-electron chi connectivity index (χ0n) is 19.5. The van der Waals surface area contributed by atoms with Gasteiger partial charge in [0.15, 0.2) is 0 Å². The fourth-order valence-corrected chi connectivity index (χ4v) is 4.17. The first-order valence-corrected chi connectivity index (χ1v) is 12.2. The van der Waals surface area contributed by atoms with Crippen molar-refractivity contribution in [2.75, 3.05) is 0 Å². The Morgan fingerprint density at radius 1 is 0.912 bits per heavy atom. The van der Waals surface area contributed by atoms with Crippen molar-refractivity contribution in [3.05, 3.63) is 106 Å². The Labute approximate surface area is 211 Å². The van der Waals surface area contributed by atoms with Crippen molar-refractivity contribution in [1.29, 1.82) is 0 Å². The molecule has 0 aromatic heterocycles. The van der Waals surface area contributed by atoms with Gasteiger partial charge in [0.25, 0.3) is 0 Å². The Hall–Kier alpha value is -2.82. The molecule has 0 bridgehead atoms. The lowest BCUT2D eigenvalue weighted by Gasteiger charge is -2.32. The molecule has 0 fully saturated rings. The highest BCUT2D eigenvalue weighted by Gasteiger charge is 2.31. The third-order valence-electron chi connectivity index (χ3n) is 5.83. The van der Waals surface area contributed by atoms with Gasteiger partial charge in [-0.25, -0.2) is 0 Å². The maximum Gasteiger partial charge on any atom is 0.243 e. The monoisotopic (exact) mass is 496 g/mol. The molecule has 3 rings (SSSR count). The SMILES string of the molecule is CC[C@@H](C)NC(=O)[C@H](Cc1ccccc1)N(Cc1ccc(Cl)cc1Cl)C(=O)Cc1ccccc1. The van der Waals surface area contributed by atoms with Crippen molar-refractivity contribution in [3.63, 3.8) is 0 Å². The average molecular weight is 497 g/mol. The molecule has 1 N–H and O–H groups in total. The Bertz CT molecular complexity index is 1090. The largest absolute Gasteiger partial charge is 0.352 e. The maximum absolute atomic E-state index is 13.7. The summed E-state index contributed by atoms with van der Waals surface area (Å²) in [7, 11) is 0. The number of carbonyl (C=O) groups excluding carboxylic acids is 2. The molecule has 0 unspecified atom stereocenters. The maximum atomic E-state index is 13.7. The zero-order chi connectivity index (χ0) is 24.5. The topological polar surface area (TPSA) is 49.4 Å². The molecule has 0 radical (unpaired) electrons. The number of rotatable bonds is 10. The van der Waals surface area contributed by atoms with Crippen molar-refractivity contribution in [2.24, 2.45) is 0 Å². The second kappa shape index (κ2) is 12.6. The highest BCUT2D eigenvalue weighted by molar-refractivity contribution is 6.35. The number of hydrogen-bond donors (Lipinski definition) is 1. The van der Waals surface area contributed by atoms with E-state index >= 15 is 0 Å². The normalized spacial score (nSPS) is 12.6. The van der Waals surface area contributed by atoms with Gasteiger partial charge < -0.3 is 10.2 Å². The Morgan fingerprint density at radius 2 is 1.53 bits per heavy atom. The van der Waals surface area contributed by atoms with E-state index in [1.807, 2.05) is 74.5 Å². The molecular formula is C28H30Cl2N2O2. The van der Waals surface area contributed by atoms with Gasteiger partial charge in [0, 0.05) is 29.1 Å². The lowest BCUT2D eigenvalue weighted by molar-refractivity contribution is -0.141. The molecule has 0 saturated heterocycles. The summed E-state index contributed by atoms with van der Waals surface area (Å²) in [6.07, 6.45) is 1.38. The molecule has 3 aromatic carbocycles. The van der Waals surface area contributed by atoms with E-state index < -0.39 is 6.04 Å². The summed E-state index contributed by atoms with van der Waals surface area (Å²) in [6, 6.07) is 23.8. The molecule has 0 saturated carbocycles. The zero-order valence-corrected chi connectivity index (χ0v) is 21.0. The van der Waals surface area contributed by atoms with E-state index in [1.165, 1.54) is 0 Å². The van der Waals surface area contributed by atoms with Crippen LogP contribution in [0.2, 0.25) is 10.0 Å². The van der Waals surface area contributed by atoms with Crippen molar-refractivity contribution in [1.82, 2.24) is 10.2 Å². The highest BCUT2D eigenvalue weighted by atomic mass is 35.5. The molecule has 0 spiro atoms. The Kier molecular flexibility index (Phi) is 9.55. The van der Waals surface area contributed by atoms with Crippen LogP contribution in [0.4, 0.5) is 0 Å². The van der Waals surface area contributed by atoms with E-state index in [-0.39, 0.29) is 30.8 Å². The fraction of sp³-hybridized carbons (Fsp3) is 0.286. The third kappa shape index (κ3) is 7.34. The summed E-state index contributed by atoms with van der Waals surface area (Å²) in [5.41, 5.74) is 2.61. The van der Waals surface area contributed by atoms with Crippen LogP contribution in [0, 0.1) is 0 Å². The summed E-state index contributed by atoms with van der Waals surface area (Å²) in [5, 5.41) is 4.06. The second-order valence-corrected chi connectivity index (χ2v) is 9.29. The number of benzene rings is 3. The van der Waals surface area contributed by atoms with Gasteiger partial charge in [-0.15, -0.1) is 0 Å². The van der Waals surface area contributed by atoms with Crippen LogP contribution in [0.3, 0.4) is 0 Å². The third-order valence-corrected chi connectivity index (χ3v) is 6.41. The van der Waals surface area contributed by atoms with Crippen LogP contribution in [0.15, 0.2) is 78.9 Å². The van der Waals surface area contributed by atoms with E-state index in [9.17, 15) is 9.59 Å². The van der Waals surface area contributed by atoms with Crippen molar-refractivity contribution in [2.45, 2.75) is 51.7 Å². The quantitative estimate of drug-likeness (QED) is 0.369. The van der Waals surface area contributed by atoms with Gasteiger partial charge in [-0.1, -0.05) is 96.9 Å². The van der Waals surface area contributed by atoms with Gasteiger partial charge in [-0.05, 0) is 42.2 Å². The van der Waals surface area contributed by atoms with Crippen LogP contribution >= 0.6 is 23.2 Å². The Morgan fingerprint density at radius 3 is 2.12 bits per heavy atom. The molecule has 0 aliphatic rings. The van der Waals surface area contributed by atoms with Gasteiger partial charge in [0.2, 0.25) is 11.8 Å². The molecule has 2 amide bonds. The molecule has 0 aliphatic carbocycles. The molecule has 6 heteroatoms. The molecule has 2 atom stereocenters. The van der Waals surface area contributed by atoms with Gasteiger partial charge >= 0.3 is 0 Å². The summed E-state index contributed by atoms with van der Waals surface area (Å²) in [4.78, 5) is 28.8. The van der Waals surface area contributed by atoms with Crippen molar-refractivity contribution in [3.8, 4) is 0 Å². The number of nitrogens with zero attached hydrogens (tertiary/aromatic N) is 1. The van der Waals surface area contributed by atoms with Crippen molar-refractivity contribution < 1.29 is 9.59 Å². The van der Waals surface area contributed by atoms with Gasteiger partial charge in [-0.3, -0.25) is 9.59 Å². The van der Waals surface area contributed by atoms with E-state index in [0.29, 0.717) is 16.5 Å². The Balaban J connectivity index is 1.99. The molecule has 178 valence electrons. The fourth-order valence-electron chi connectivity index (χ4n) is 3.70. The lowest BCUT2D eigenvalue weighted by atomic mass is 10.0. The first-order valence-electron chi connectivity index (χ1n) is 11.5. The van der Waals surface area contributed by atoms with Gasteiger partial charge in [0.05, 0.1) is 6.42 Å². The predicted molar refractivity (Wildman–Crippen MR) is 139 cm³/mol. The molecule has 3 aromatic rings. The summed E-state index contributed by atoms with van der Waals surface area (Å²) in [6.45, 7) is 4.18. The number of amides is 2. The highest BCUT2D eigenvalue weighted by Crippen LogP contribution is 2.24. The molecule has 4 nitrogen and oxygen atoms in total. The van der Waals surface area contributed by atoms with Crippen LogP contribution < -0.4 is 5.32 Å². The van der Waals surface area contributed by atoms with Crippen LogP contribution in [0.5, 0.6) is 0 Å². The molecular weight excluding hydrogens is 467 g/mol. The number of hydrogen-bond acceptors (Lipinski definition) is 2. The van der Waals surface area contributed by atoms with E-state index in [2.05, 4.69) is 5.32 Å². The smallest absolute Gasteiger partial charge is 0.243 e. The van der Waals surface area contributed by atoms with E-state index in [4.69, 9.17) is 23.2 Å². The number of halogens is 2. The second-order valence-electron chi connectivity index (χ2n) is 8.44. The lowest BCUT2D eigenvalue weighted by Crippen LogP contribution is -2.52. The summed E-state index contributed by atoms with van der Waals surface area (Å²) >= 11 is 12.6.